The Labute approximate surface area is 169 Å². The Bertz CT molecular complexity index is 885. The lowest BCUT2D eigenvalue weighted by Gasteiger charge is -2.26. The Morgan fingerprint density at radius 2 is 2.04 bits per heavy atom. The van der Waals surface area contributed by atoms with Gasteiger partial charge in [0.2, 0.25) is 5.91 Å². The largest absolute Gasteiger partial charge is 0.496 e. The summed E-state index contributed by atoms with van der Waals surface area (Å²) in [5.41, 5.74) is 2.22. The Morgan fingerprint density at radius 3 is 2.75 bits per heavy atom. The van der Waals surface area contributed by atoms with E-state index in [1.165, 1.54) is 11.8 Å². The van der Waals surface area contributed by atoms with E-state index in [1.807, 2.05) is 56.3 Å². The second kappa shape index (κ2) is 8.67. The molecule has 3 rings (SSSR count). The fraction of sp³-hybridized carbons (Fsp3) is 0.333. The van der Waals surface area contributed by atoms with E-state index in [-0.39, 0.29) is 23.1 Å². The van der Waals surface area contributed by atoms with Crippen LogP contribution in [0.3, 0.4) is 0 Å². The summed E-state index contributed by atoms with van der Waals surface area (Å²) in [6.07, 6.45) is 0. The molecular weight excluding hydrogens is 374 g/mol. The number of nitrogens with zero attached hydrogens (tertiary/aromatic N) is 1. The van der Waals surface area contributed by atoms with Crippen LogP contribution in [0.25, 0.3) is 0 Å². The topological polar surface area (TPSA) is 70.7 Å². The van der Waals surface area contributed by atoms with Crippen LogP contribution in [0.1, 0.15) is 28.9 Å². The molecule has 0 aromatic heterocycles. The number of thioether (sulfide) groups is 1. The summed E-state index contributed by atoms with van der Waals surface area (Å²) in [7, 11) is 5.58. The van der Waals surface area contributed by atoms with Gasteiger partial charge in [-0.15, -0.1) is 11.8 Å². The average Bonchev–Trinajstić information content (AvgIpc) is 2.68. The zero-order chi connectivity index (χ0) is 20.3. The lowest BCUT2D eigenvalue weighted by Crippen LogP contribution is -2.35. The molecule has 2 amide bonds. The molecule has 7 heteroatoms. The monoisotopic (exact) mass is 399 g/mol. The van der Waals surface area contributed by atoms with E-state index in [0.29, 0.717) is 17.8 Å². The van der Waals surface area contributed by atoms with Crippen LogP contribution in [0, 0.1) is 0 Å². The SMILES string of the molecule is COc1ccccc1[C@H](CNC(=O)c1ccc2c(c1)NC(=O)[C@@H](C)S2)N(C)C. The number of carbonyl (C=O) groups excluding carboxylic acids is 2. The highest BCUT2D eigenvalue weighted by molar-refractivity contribution is 8.00. The van der Waals surface area contributed by atoms with Crippen LogP contribution in [0.4, 0.5) is 5.69 Å². The number of ether oxygens (including phenoxy) is 1. The van der Waals surface area contributed by atoms with Gasteiger partial charge in [-0.1, -0.05) is 18.2 Å². The molecule has 2 N–H and O–H groups in total. The van der Waals surface area contributed by atoms with E-state index in [2.05, 4.69) is 10.6 Å². The Morgan fingerprint density at radius 1 is 1.29 bits per heavy atom. The van der Waals surface area contributed by atoms with Crippen LogP contribution in [-0.4, -0.2) is 49.7 Å². The smallest absolute Gasteiger partial charge is 0.251 e. The molecule has 6 nitrogen and oxygen atoms in total. The van der Waals surface area contributed by atoms with E-state index in [9.17, 15) is 9.59 Å². The number of likely N-dealkylation sites (N-methyl/N-ethyl adjacent to an activating group) is 1. The lowest BCUT2D eigenvalue weighted by molar-refractivity contribution is -0.115. The molecule has 0 saturated heterocycles. The normalized spacial score (nSPS) is 16.9. The maximum Gasteiger partial charge on any atom is 0.251 e. The van der Waals surface area contributed by atoms with Gasteiger partial charge in [0.05, 0.1) is 24.1 Å². The molecular formula is C21H25N3O3S. The van der Waals surface area contributed by atoms with Gasteiger partial charge in [0, 0.05) is 22.6 Å². The Balaban J connectivity index is 1.74. The number of methoxy groups -OCH3 is 1. The van der Waals surface area contributed by atoms with Crippen molar-refractivity contribution in [3.8, 4) is 5.75 Å². The van der Waals surface area contributed by atoms with E-state index in [0.717, 1.165) is 16.2 Å². The fourth-order valence-electron chi connectivity index (χ4n) is 3.15. The molecule has 0 bridgehead atoms. The molecule has 1 aliphatic heterocycles. The quantitative estimate of drug-likeness (QED) is 0.781. The summed E-state index contributed by atoms with van der Waals surface area (Å²) >= 11 is 1.50. The van der Waals surface area contributed by atoms with Crippen molar-refractivity contribution in [1.29, 1.82) is 0 Å². The molecule has 0 saturated carbocycles. The molecule has 28 heavy (non-hydrogen) atoms. The van der Waals surface area contributed by atoms with Gasteiger partial charge in [0.25, 0.3) is 5.91 Å². The summed E-state index contributed by atoms with van der Waals surface area (Å²) in [5.74, 6) is 0.569. The number of fused-ring (bicyclic) bond motifs is 1. The summed E-state index contributed by atoms with van der Waals surface area (Å²) < 4.78 is 5.47. The number of hydrogen-bond acceptors (Lipinski definition) is 5. The minimum Gasteiger partial charge on any atom is -0.496 e. The van der Waals surface area contributed by atoms with Crippen molar-refractivity contribution < 1.29 is 14.3 Å². The summed E-state index contributed by atoms with van der Waals surface area (Å²) in [5, 5.41) is 5.74. The van der Waals surface area contributed by atoms with Crippen molar-refractivity contribution in [3.05, 3.63) is 53.6 Å². The number of hydrogen-bond donors (Lipinski definition) is 2. The predicted molar refractivity (Wildman–Crippen MR) is 112 cm³/mol. The first kappa shape index (κ1) is 20.2. The highest BCUT2D eigenvalue weighted by atomic mass is 32.2. The molecule has 2 atom stereocenters. The number of para-hydroxylation sites is 1. The number of nitrogens with one attached hydrogen (secondary N) is 2. The third-order valence-corrected chi connectivity index (χ3v) is 5.93. The number of rotatable bonds is 6. The van der Waals surface area contributed by atoms with Crippen LogP contribution in [-0.2, 0) is 4.79 Å². The van der Waals surface area contributed by atoms with Gasteiger partial charge in [0.1, 0.15) is 5.75 Å². The van der Waals surface area contributed by atoms with Gasteiger partial charge in [-0.2, -0.15) is 0 Å². The molecule has 0 spiro atoms. The third-order valence-electron chi connectivity index (χ3n) is 4.75. The Hall–Kier alpha value is -2.51. The van der Waals surface area contributed by atoms with Crippen molar-refractivity contribution in [2.45, 2.75) is 23.1 Å². The second-order valence-electron chi connectivity index (χ2n) is 6.89. The first-order chi connectivity index (χ1) is 13.4. The molecule has 148 valence electrons. The van der Waals surface area contributed by atoms with Crippen molar-refractivity contribution >= 4 is 29.3 Å². The van der Waals surface area contributed by atoms with Crippen molar-refractivity contribution in [3.63, 3.8) is 0 Å². The van der Waals surface area contributed by atoms with Crippen LogP contribution in [0.2, 0.25) is 0 Å². The highest BCUT2D eigenvalue weighted by Crippen LogP contribution is 2.36. The fourth-order valence-corrected chi connectivity index (χ4v) is 4.08. The minimum absolute atomic E-state index is 0.0335. The van der Waals surface area contributed by atoms with Crippen molar-refractivity contribution in [2.24, 2.45) is 0 Å². The highest BCUT2D eigenvalue weighted by Gasteiger charge is 2.24. The second-order valence-corrected chi connectivity index (χ2v) is 8.27. The maximum absolute atomic E-state index is 12.7. The zero-order valence-electron chi connectivity index (χ0n) is 16.5. The predicted octanol–water partition coefficient (Wildman–Crippen LogP) is 3.16. The molecule has 0 unspecified atom stereocenters. The van der Waals surface area contributed by atoms with Crippen molar-refractivity contribution in [1.82, 2.24) is 10.2 Å². The minimum atomic E-state index is -0.178. The Kier molecular flexibility index (Phi) is 6.26. The molecule has 0 aliphatic carbocycles. The first-order valence-electron chi connectivity index (χ1n) is 9.09. The molecule has 2 aromatic rings. The summed E-state index contributed by atoms with van der Waals surface area (Å²) in [6, 6.07) is 13.2. The van der Waals surface area contributed by atoms with Crippen LogP contribution >= 0.6 is 11.8 Å². The molecule has 0 fully saturated rings. The molecule has 0 radical (unpaired) electrons. The summed E-state index contributed by atoms with van der Waals surface area (Å²) in [6.45, 7) is 2.30. The van der Waals surface area contributed by atoms with Crippen LogP contribution in [0.5, 0.6) is 5.75 Å². The van der Waals surface area contributed by atoms with E-state index < -0.39 is 0 Å². The van der Waals surface area contributed by atoms with Crippen LogP contribution < -0.4 is 15.4 Å². The first-order valence-corrected chi connectivity index (χ1v) is 9.97. The zero-order valence-corrected chi connectivity index (χ0v) is 17.3. The molecule has 1 heterocycles. The van der Waals surface area contributed by atoms with Gasteiger partial charge in [-0.05, 0) is 45.3 Å². The van der Waals surface area contributed by atoms with E-state index in [1.54, 1.807) is 19.2 Å². The van der Waals surface area contributed by atoms with E-state index >= 15 is 0 Å². The maximum atomic E-state index is 12.7. The third kappa shape index (κ3) is 4.31. The summed E-state index contributed by atoms with van der Waals surface area (Å²) in [4.78, 5) is 27.6. The molecule has 1 aliphatic rings. The number of benzene rings is 2. The van der Waals surface area contributed by atoms with Gasteiger partial charge in [-0.25, -0.2) is 0 Å². The van der Waals surface area contributed by atoms with Gasteiger partial charge in [-0.3, -0.25) is 9.59 Å². The van der Waals surface area contributed by atoms with Crippen molar-refractivity contribution in [2.75, 3.05) is 33.1 Å². The van der Waals surface area contributed by atoms with Gasteiger partial charge >= 0.3 is 0 Å². The van der Waals surface area contributed by atoms with Gasteiger partial charge in [0.15, 0.2) is 0 Å². The average molecular weight is 400 g/mol. The van der Waals surface area contributed by atoms with Gasteiger partial charge < -0.3 is 20.3 Å². The lowest BCUT2D eigenvalue weighted by atomic mass is 10.0. The van der Waals surface area contributed by atoms with Crippen LogP contribution in [0.15, 0.2) is 47.4 Å². The molecule has 2 aromatic carbocycles. The van der Waals surface area contributed by atoms with E-state index in [4.69, 9.17) is 4.74 Å². The standard InChI is InChI=1S/C21H25N3O3S/c1-13-20(25)23-16-11-14(9-10-19(16)28-13)21(26)22-12-17(24(2)3)15-7-5-6-8-18(15)27-4/h5-11,13,17H,12H2,1-4H3,(H,22,26)(H,23,25)/t13-,17+/m1/s1. The number of anilines is 1. The number of carbonyl (C=O) groups is 2. The number of amides is 2.